The van der Waals surface area contributed by atoms with Gasteiger partial charge in [0.1, 0.15) is 5.84 Å². The zero-order valence-corrected chi connectivity index (χ0v) is 20.6. The maximum absolute atomic E-state index is 13.0. The number of anilines is 1. The number of aliphatic carboxylic acids is 1. The molecule has 0 radical (unpaired) electrons. The molecule has 1 unspecified atom stereocenters. The zero-order valence-electron chi connectivity index (χ0n) is 19.9. The van der Waals surface area contributed by atoms with Gasteiger partial charge in [-0.2, -0.15) is 0 Å². The number of amides is 2. The van der Waals surface area contributed by atoms with E-state index in [2.05, 4.69) is 10.6 Å². The van der Waals surface area contributed by atoms with Crippen molar-refractivity contribution < 1.29 is 24.2 Å². The molecule has 2 aromatic rings. The molecule has 1 atom stereocenters. The van der Waals surface area contributed by atoms with E-state index in [-0.39, 0.29) is 31.4 Å². The molecule has 11 heteroatoms. The topological polar surface area (TPSA) is 158 Å². The number of amidine groups is 1. The number of carboxylic acids is 1. The first kappa shape index (κ1) is 27.6. The summed E-state index contributed by atoms with van der Waals surface area (Å²) in [6.45, 7) is 6.26. The van der Waals surface area contributed by atoms with Crippen molar-refractivity contribution >= 4 is 40.9 Å². The molecule has 0 aliphatic carbocycles. The van der Waals surface area contributed by atoms with Gasteiger partial charge in [-0.05, 0) is 43.2 Å². The van der Waals surface area contributed by atoms with Crippen LogP contribution < -0.4 is 16.4 Å². The second kappa shape index (κ2) is 12.7. The SMILES string of the molecule is CC(=O)O.CCNc1cc(C(=N)N)ccc1CNC(=O)C(OCC)N1Cc2ccc(Cl)cc2C1=O. The van der Waals surface area contributed by atoms with Gasteiger partial charge in [-0.3, -0.25) is 19.8 Å². The number of hydrogen-bond acceptors (Lipinski definition) is 6. The van der Waals surface area contributed by atoms with E-state index in [1.807, 2.05) is 13.0 Å². The van der Waals surface area contributed by atoms with Gasteiger partial charge in [-0.15, -0.1) is 0 Å². The van der Waals surface area contributed by atoms with Crippen LogP contribution in [0.1, 0.15) is 47.8 Å². The van der Waals surface area contributed by atoms with Crippen molar-refractivity contribution in [2.75, 3.05) is 18.5 Å². The number of ether oxygens (including phenoxy) is 1. The lowest BCUT2D eigenvalue weighted by molar-refractivity contribution is -0.143. The zero-order chi connectivity index (χ0) is 26.1. The van der Waals surface area contributed by atoms with Crippen molar-refractivity contribution in [2.45, 2.75) is 40.1 Å². The average molecular weight is 504 g/mol. The summed E-state index contributed by atoms with van der Waals surface area (Å²) in [5, 5.41) is 21.6. The molecule has 188 valence electrons. The molecule has 2 amide bonds. The number of benzene rings is 2. The number of halogens is 1. The summed E-state index contributed by atoms with van der Waals surface area (Å²) in [5.74, 6) is -1.56. The quantitative estimate of drug-likeness (QED) is 0.260. The third kappa shape index (κ3) is 7.43. The maximum Gasteiger partial charge on any atom is 0.300 e. The van der Waals surface area contributed by atoms with Crippen molar-refractivity contribution in [1.82, 2.24) is 10.2 Å². The van der Waals surface area contributed by atoms with Crippen molar-refractivity contribution in [3.63, 3.8) is 0 Å². The molecule has 0 fully saturated rings. The van der Waals surface area contributed by atoms with Crippen molar-refractivity contribution in [3.8, 4) is 0 Å². The molecule has 1 heterocycles. The highest BCUT2D eigenvalue weighted by molar-refractivity contribution is 6.31. The average Bonchev–Trinajstić information content (AvgIpc) is 3.11. The second-order valence-corrected chi connectivity index (χ2v) is 8.03. The number of hydrogen-bond donors (Lipinski definition) is 5. The van der Waals surface area contributed by atoms with Gasteiger partial charge in [0, 0.05) is 55.0 Å². The first-order valence-corrected chi connectivity index (χ1v) is 11.4. The van der Waals surface area contributed by atoms with E-state index in [0.29, 0.717) is 22.7 Å². The number of nitrogens with two attached hydrogens (primary N) is 1. The molecule has 6 N–H and O–H groups in total. The van der Waals surface area contributed by atoms with Crippen LogP contribution in [-0.2, 0) is 27.4 Å². The third-order valence-electron chi connectivity index (χ3n) is 4.98. The van der Waals surface area contributed by atoms with Crippen LogP contribution in [0.15, 0.2) is 36.4 Å². The molecule has 0 spiro atoms. The first-order chi connectivity index (χ1) is 16.6. The summed E-state index contributed by atoms with van der Waals surface area (Å²) >= 11 is 6.02. The van der Waals surface area contributed by atoms with Gasteiger partial charge in [0.2, 0.25) is 6.23 Å². The predicted molar refractivity (Wildman–Crippen MR) is 134 cm³/mol. The number of nitrogen functional groups attached to an aromatic ring is 1. The largest absolute Gasteiger partial charge is 0.481 e. The molecule has 0 saturated heterocycles. The van der Waals surface area contributed by atoms with Gasteiger partial charge in [0.25, 0.3) is 17.8 Å². The highest BCUT2D eigenvalue weighted by Gasteiger charge is 2.37. The minimum absolute atomic E-state index is 0.0293. The standard InChI is InChI=1S/C22H26ClN5O3.C2H4O2/c1-3-26-18-9-13(19(24)25)5-6-14(18)11-27-20(29)22(31-4-2)28-12-15-7-8-16(23)10-17(15)21(28)30;1-2(3)4/h5-10,22,26H,3-4,11-12H2,1-2H3,(H3,24,25)(H,27,29);1H3,(H,3,4). The fraction of sp³-hybridized carbons (Fsp3) is 0.333. The van der Waals surface area contributed by atoms with Crippen LogP contribution in [0.25, 0.3) is 0 Å². The summed E-state index contributed by atoms with van der Waals surface area (Å²) in [7, 11) is 0. The molecular weight excluding hydrogens is 474 g/mol. The Kier molecular flexibility index (Phi) is 10.0. The van der Waals surface area contributed by atoms with E-state index < -0.39 is 18.1 Å². The predicted octanol–water partition coefficient (Wildman–Crippen LogP) is 2.78. The Morgan fingerprint density at radius 2 is 1.94 bits per heavy atom. The lowest BCUT2D eigenvalue weighted by Gasteiger charge is -2.26. The number of carboxylic acid groups (broad SMARTS) is 1. The maximum atomic E-state index is 13.0. The Balaban J connectivity index is 0.00000100. The summed E-state index contributed by atoms with van der Waals surface area (Å²) in [5.41, 5.74) is 9.07. The smallest absolute Gasteiger partial charge is 0.300 e. The van der Waals surface area contributed by atoms with Crippen molar-refractivity contribution in [1.29, 1.82) is 5.41 Å². The number of nitrogens with one attached hydrogen (secondary N) is 3. The van der Waals surface area contributed by atoms with E-state index in [1.54, 1.807) is 37.3 Å². The first-order valence-electron chi connectivity index (χ1n) is 11.0. The Morgan fingerprint density at radius 3 is 2.54 bits per heavy atom. The van der Waals surface area contributed by atoms with E-state index in [0.717, 1.165) is 23.7 Å². The third-order valence-corrected chi connectivity index (χ3v) is 5.21. The van der Waals surface area contributed by atoms with Crippen LogP contribution in [0.2, 0.25) is 5.02 Å². The van der Waals surface area contributed by atoms with Gasteiger partial charge in [-0.1, -0.05) is 29.8 Å². The van der Waals surface area contributed by atoms with E-state index in [9.17, 15) is 9.59 Å². The molecular formula is C24H30ClN5O5. The normalized spacial score (nSPS) is 12.8. The highest BCUT2D eigenvalue weighted by Crippen LogP contribution is 2.28. The molecule has 2 aromatic carbocycles. The Bertz CT molecular complexity index is 1100. The molecule has 0 saturated carbocycles. The highest BCUT2D eigenvalue weighted by atomic mass is 35.5. The van der Waals surface area contributed by atoms with Crippen LogP contribution >= 0.6 is 11.6 Å². The summed E-state index contributed by atoms with van der Waals surface area (Å²) in [6.07, 6.45) is -1.05. The fourth-order valence-electron chi connectivity index (χ4n) is 3.47. The van der Waals surface area contributed by atoms with Gasteiger partial charge in [0.15, 0.2) is 0 Å². The van der Waals surface area contributed by atoms with Crippen molar-refractivity contribution in [3.05, 3.63) is 63.7 Å². The second-order valence-electron chi connectivity index (χ2n) is 7.59. The van der Waals surface area contributed by atoms with Crippen LogP contribution in [0.3, 0.4) is 0 Å². The molecule has 10 nitrogen and oxygen atoms in total. The number of rotatable bonds is 9. The van der Waals surface area contributed by atoms with Crippen LogP contribution in [0.4, 0.5) is 5.69 Å². The van der Waals surface area contributed by atoms with Crippen LogP contribution in [0, 0.1) is 5.41 Å². The Hall–Kier alpha value is -3.63. The lowest BCUT2D eigenvalue weighted by Crippen LogP contribution is -2.48. The number of nitrogens with zero attached hydrogens (tertiary/aromatic N) is 1. The van der Waals surface area contributed by atoms with Gasteiger partial charge >= 0.3 is 0 Å². The molecule has 3 rings (SSSR count). The fourth-order valence-corrected chi connectivity index (χ4v) is 3.65. The van der Waals surface area contributed by atoms with Gasteiger partial charge < -0.3 is 31.1 Å². The van der Waals surface area contributed by atoms with Crippen LogP contribution in [-0.4, -0.2) is 53.0 Å². The molecule has 1 aliphatic heterocycles. The summed E-state index contributed by atoms with van der Waals surface area (Å²) < 4.78 is 5.64. The van der Waals surface area contributed by atoms with E-state index in [4.69, 9.17) is 37.4 Å². The lowest BCUT2D eigenvalue weighted by atomic mass is 10.1. The number of carbonyl (C=O) groups is 3. The monoisotopic (exact) mass is 503 g/mol. The van der Waals surface area contributed by atoms with Gasteiger partial charge in [0.05, 0.1) is 0 Å². The minimum Gasteiger partial charge on any atom is -0.481 e. The number of fused-ring (bicyclic) bond motifs is 1. The molecule has 1 aliphatic rings. The molecule has 0 bridgehead atoms. The minimum atomic E-state index is -1.05. The molecule has 35 heavy (non-hydrogen) atoms. The van der Waals surface area contributed by atoms with Crippen LogP contribution in [0.5, 0.6) is 0 Å². The van der Waals surface area contributed by atoms with E-state index >= 15 is 0 Å². The summed E-state index contributed by atoms with van der Waals surface area (Å²) in [4.78, 5) is 36.2. The molecule has 0 aromatic heterocycles. The summed E-state index contributed by atoms with van der Waals surface area (Å²) in [6, 6.07) is 10.4. The Labute approximate surface area is 208 Å². The van der Waals surface area contributed by atoms with Gasteiger partial charge in [-0.25, -0.2) is 0 Å². The van der Waals surface area contributed by atoms with Crippen molar-refractivity contribution in [2.24, 2.45) is 5.73 Å². The Morgan fingerprint density at radius 1 is 1.26 bits per heavy atom. The number of carbonyl (C=O) groups excluding carboxylic acids is 2. The van der Waals surface area contributed by atoms with E-state index in [1.165, 1.54) is 4.90 Å².